The van der Waals surface area contributed by atoms with Crippen molar-refractivity contribution < 1.29 is 9.53 Å². The average molecular weight is 213 g/mol. The third-order valence-electron chi connectivity index (χ3n) is 3.08. The van der Waals surface area contributed by atoms with Gasteiger partial charge in [0.05, 0.1) is 0 Å². The third-order valence-corrected chi connectivity index (χ3v) is 3.08. The van der Waals surface area contributed by atoms with Gasteiger partial charge in [-0.25, -0.2) is 0 Å². The molecule has 0 spiro atoms. The summed E-state index contributed by atoms with van der Waals surface area (Å²) >= 11 is 0. The van der Waals surface area contributed by atoms with E-state index >= 15 is 0 Å². The van der Waals surface area contributed by atoms with Gasteiger partial charge >= 0.3 is 0 Å². The lowest BCUT2D eigenvalue weighted by molar-refractivity contribution is -0.133. The Kier molecular flexibility index (Phi) is 5.69. The van der Waals surface area contributed by atoms with Crippen LogP contribution >= 0.6 is 0 Å². The van der Waals surface area contributed by atoms with E-state index in [1.54, 1.807) is 7.05 Å². The number of nitrogens with one attached hydrogen (secondary N) is 1. The number of amides is 1. The Labute approximate surface area is 92.6 Å². The zero-order valence-corrected chi connectivity index (χ0v) is 9.92. The Morgan fingerprint density at radius 3 is 2.67 bits per heavy atom. The van der Waals surface area contributed by atoms with Crippen LogP contribution in [0, 0.1) is 5.92 Å². The lowest BCUT2D eigenvalue weighted by atomic mass is 9.99. The molecule has 0 aromatic rings. The standard InChI is InChI=1S/C12H23NO2/c1-3-8-15-11(12(14)13-2)9-10-6-4-5-7-10/h10-11H,3-9H2,1-2H3,(H,13,14). The van der Waals surface area contributed by atoms with Crippen LogP contribution in [0.25, 0.3) is 0 Å². The SMILES string of the molecule is CCCOC(CC1CCCC1)C(=O)NC. The molecule has 0 heterocycles. The number of hydrogen-bond donors (Lipinski definition) is 1. The minimum absolute atomic E-state index is 0.0374. The Balaban J connectivity index is 2.36. The maximum absolute atomic E-state index is 11.6. The molecule has 0 radical (unpaired) electrons. The summed E-state index contributed by atoms with van der Waals surface area (Å²) in [6.45, 7) is 2.75. The van der Waals surface area contributed by atoms with Crippen LogP contribution < -0.4 is 5.32 Å². The number of hydrogen-bond acceptors (Lipinski definition) is 2. The Hall–Kier alpha value is -0.570. The fourth-order valence-electron chi connectivity index (χ4n) is 2.22. The van der Waals surface area contributed by atoms with Crippen LogP contribution in [-0.4, -0.2) is 25.7 Å². The van der Waals surface area contributed by atoms with Crippen molar-refractivity contribution in [2.24, 2.45) is 5.92 Å². The minimum atomic E-state index is -0.224. The van der Waals surface area contributed by atoms with Crippen molar-refractivity contribution >= 4 is 5.91 Å². The van der Waals surface area contributed by atoms with E-state index in [2.05, 4.69) is 12.2 Å². The van der Waals surface area contributed by atoms with Crippen LogP contribution in [0.4, 0.5) is 0 Å². The van der Waals surface area contributed by atoms with E-state index in [1.165, 1.54) is 25.7 Å². The van der Waals surface area contributed by atoms with E-state index in [-0.39, 0.29) is 12.0 Å². The highest BCUT2D eigenvalue weighted by Crippen LogP contribution is 2.29. The molecule has 0 saturated heterocycles. The smallest absolute Gasteiger partial charge is 0.248 e. The van der Waals surface area contributed by atoms with Gasteiger partial charge in [0, 0.05) is 13.7 Å². The lowest BCUT2D eigenvalue weighted by Crippen LogP contribution is -2.35. The summed E-state index contributed by atoms with van der Waals surface area (Å²) in [6, 6.07) is 0. The number of carbonyl (C=O) groups is 1. The summed E-state index contributed by atoms with van der Waals surface area (Å²) < 4.78 is 5.59. The predicted molar refractivity (Wildman–Crippen MR) is 60.7 cm³/mol. The van der Waals surface area contributed by atoms with Crippen molar-refractivity contribution in [1.29, 1.82) is 0 Å². The summed E-state index contributed by atoms with van der Waals surface area (Å²) in [7, 11) is 1.68. The number of carbonyl (C=O) groups excluding carboxylic acids is 1. The van der Waals surface area contributed by atoms with Gasteiger partial charge in [0.1, 0.15) is 6.10 Å². The van der Waals surface area contributed by atoms with Crippen molar-refractivity contribution in [3.05, 3.63) is 0 Å². The molecule has 1 amide bonds. The first kappa shape index (κ1) is 12.5. The molecule has 1 rings (SSSR count). The van der Waals surface area contributed by atoms with Crippen molar-refractivity contribution in [2.75, 3.05) is 13.7 Å². The van der Waals surface area contributed by atoms with E-state index in [0.717, 1.165) is 12.8 Å². The van der Waals surface area contributed by atoms with Crippen molar-refractivity contribution in [2.45, 2.75) is 51.6 Å². The molecular weight excluding hydrogens is 190 g/mol. The molecule has 1 unspecified atom stereocenters. The Morgan fingerprint density at radius 1 is 1.47 bits per heavy atom. The molecule has 1 aliphatic carbocycles. The van der Waals surface area contributed by atoms with Crippen LogP contribution in [0.3, 0.4) is 0 Å². The molecule has 0 bridgehead atoms. The second-order valence-corrected chi connectivity index (χ2v) is 4.36. The van der Waals surface area contributed by atoms with Gasteiger partial charge in [-0.2, -0.15) is 0 Å². The number of rotatable bonds is 6. The second kappa shape index (κ2) is 6.83. The van der Waals surface area contributed by atoms with Crippen LogP contribution in [0.2, 0.25) is 0 Å². The normalized spacial score (nSPS) is 19.1. The topological polar surface area (TPSA) is 38.3 Å². The van der Waals surface area contributed by atoms with Crippen LogP contribution in [-0.2, 0) is 9.53 Å². The van der Waals surface area contributed by atoms with Gasteiger partial charge in [-0.3, -0.25) is 4.79 Å². The third kappa shape index (κ3) is 4.20. The largest absolute Gasteiger partial charge is 0.368 e. The molecule has 1 atom stereocenters. The predicted octanol–water partition coefficient (Wildman–Crippen LogP) is 2.11. The highest BCUT2D eigenvalue weighted by atomic mass is 16.5. The zero-order valence-electron chi connectivity index (χ0n) is 9.92. The molecule has 0 aromatic carbocycles. The molecule has 3 heteroatoms. The summed E-state index contributed by atoms with van der Waals surface area (Å²) in [5.74, 6) is 0.736. The van der Waals surface area contributed by atoms with Crippen molar-refractivity contribution in [1.82, 2.24) is 5.32 Å². The maximum Gasteiger partial charge on any atom is 0.248 e. The van der Waals surface area contributed by atoms with E-state index in [9.17, 15) is 4.79 Å². The van der Waals surface area contributed by atoms with E-state index < -0.39 is 0 Å². The zero-order chi connectivity index (χ0) is 11.1. The molecule has 15 heavy (non-hydrogen) atoms. The van der Waals surface area contributed by atoms with Crippen LogP contribution in [0.1, 0.15) is 45.4 Å². The van der Waals surface area contributed by atoms with Gasteiger partial charge in [0.15, 0.2) is 0 Å². The van der Waals surface area contributed by atoms with Gasteiger partial charge in [0.2, 0.25) is 5.91 Å². The Bertz CT molecular complexity index is 188. The summed E-state index contributed by atoms with van der Waals surface area (Å²) in [4.78, 5) is 11.6. The van der Waals surface area contributed by atoms with Gasteiger partial charge in [-0.1, -0.05) is 32.6 Å². The number of likely N-dealkylation sites (N-methyl/N-ethyl adjacent to an activating group) is 1. The van der Waals surface area contributed by atoms with E-state index in [0.29, 0.717) is 12.5 Å². The molecule has 1 fully saturated rings. The van der Waals surface area contributed by atoms with Gasteiger partial charge in [-0.05, 0) is 18.8 Å². The highest BCUT2D eigenvalue weighted by Gasteiger charge is 2.24. The quantitative estimate of drug-likeness (QED) is 0.734. The van der Waals surface area contributed by atoms with E-state index in [4.69, 9.17) is 4.74 Å². The first-order chi connectivity index (χ1) is 7.27. The maximum atomic E-state index is 11.6. The van der Waals surface area contributed by atoms with Gasteiger partial charge < -0.3 is 10.1 Å². The minimum Gasteiger partial charge on any atom is -0.368 e. The van der Waals surface area contributed by atoms with E-state index in [1.807, 2.05) is 0 Å². The molecule has 0 aliphatic heterocycles. The first-order valence-electron chi connectivity index (χ1n) is 6.11. The summed E-state index contributed by atoms with van der Waals surface area (Å²) in [5.41, 5.74) is 0. The van der Waals surface area contributed by atoms with Crippen LogP contribution in [0.15, 0.2) is 0 Å². The van der Waals surface area contributed by atoms with Crippen molar-refractivity contribution in [3.63, 3.8) is 0 Å². The fraction of sp³-hybridized carbons (Fsp3) is 0.917. The first-order valence-corrected chi connectivity index (χ1v) is 6.11. The molecule has 88 valence electrons. The average Bonchev–Trinajstić information content (AvgIpc) is 2.75. The molecule has 1 aliphatic rings. The van der Waals surface area contributed by atoms with Crippen LogP contribution in [0.5, 0.6) is 0 Å². The second-order valence-electron chi connectivity index (χ2n) is 4.36. The molecule has 1 N–H and O–H groups in total. The fourth-order valence-corrected chi connectivity index (χ4v) is 2.22. The molecular formula is C12H23NO2. The van der Waals surface area contributed by atoms with Gasteiger partial charge in [0.25, 0.3) is 0 Å². The summed E-state index contributed by atoms with van der Waals surface area (Å²) in [6.07, 6.45) is 6.82. The van der Waals surface area contributed by atoms with Gasteiger partial charge in [-0.15, -0.1) is 0 Å². The Morgan fingerprint density at radius 2 is 2.13 bits per heavy atom. The number of ether oxygens (including phenoxy) is 1. The molecule has 3 nitrogen and oxygen atoms in total. The monoisotopic (exact) mass is 213 g/mol. The highest BCUT2D eigenvalue weighted by molar-refractivity contribution is 5.80. The van der Waals surface area contributed by atoms with Crippen molar-refractivity contribution in [3.8, 4) is 0 Å². The summed E-state index contributed by atoms with van der Waals surface area (Å²) in [5, 5.41) is 2.68. The molecule has 1 saturated carbocycles. The lowest BCUT2D eigenvalue weighted by Gasteiger charge is -2.19. The molecule has 0 aromatic heterocycles.